The summed E-state index contributed by atoms with van der Waals surface area (Å²) in [6.45, 7) is 4.72. The van der Waals surface area contributed by atoms with E-state index in [-0.39, 0.29) is 0 Å². The molecule has 0 aliphatic carbocycles. The molecule has 5 nitrogen and oxygen atoms in total. The molecule has 0 aromatic carbocycles. The lowest BCUT2D eigenvalue weighted by Crippen LogP contribution is -2.06. The third kappa shape index (κ3) is 3.86. The maximum absolute atomic E-state index is 5.55. The number of hydrogen-bond donors (Lipinski definition) is 1. The van der Waals surface area contributed by atoms with Crippen molar-refractivity contribution in [2.75, 3.05) is 32.2 Å². The summed E-state index contributed by atoms with van der Waals surface area (Å²) in [7, 11) is 1.69. The van der Waals surface area contributed by atoms with Crippen molar-refractivity contribution in [3.8, 4) is 0 Å². The molecular formula is C13H19N3O2S. The third-order valence-corrected chi connectivity index (χ3v) is 3.39. The summed E-state index contributed by atoms with van der Waals surface area (Å²) in [5, 5.41) is 6.38. The Kier molecular flexibility index (Phi) is 5.50. The lowest BCUT2D eigenvalue weighted by Gasteiger charge is -2.07. The molecule has 2 rings (SSSR count). The van der Waals surface area contributed by atoms with E-state index >= 15 is 0 Å². The zero-order valence-electron chi connectivity index (χ0n) is 11.3. The van der Waals surface area contributed by atoms with Gasteiger partial charge in [0.25, 0.3) is 0 Å². The Balaban J connectivity index is 2.02. The Morgan fingerprint density at radius 2 is 2.21 bits per heavy atom. The van der Waals surface area contributed by atoms with Gasteiger partial charge in [-0.3, -0.25) is 0 Å². The summed E-state index contributed by atoms with van der Waals surface area (Å²) in [5.41, 5.74) is 0. The average Bonchev–Trinajstić information content (AvgIpc) is 2.87. The molecule has 0 aliphatic rings. The van der Waals surface area contributed by atoms with Gasteiger partial charge in [-0.15, -0.1) is 11.3 Å². The van der Waals surface area contributed by atoms with E-state index in [2.05, 4.69) is 22.2 Å². The molecule has 0 atom stereocenters. The van der Waals surface area contributed by atoms with Crippen molar-refractivity contribution >= 4 is 27.4 Å². The molecule has 0 bridgehead atoms. The maximum atomic E-state index is 5.55. The van der Waals surface area contributed by atoms with Crippen LogP contribution >= 0.6 is 11.3 Å². The molecule has 2 aromatic heterocycles. The van der Waals surface area contributed by atoms with Gasteiger partial charge in [0.2, 0.25) is 0 Å². The van der Waals surface area contributed by atoms with Crippen molar-refractivity contribution in [3.63, 3.8) is 0 Å². The molecule has 0 unspecified atom stereocenters. The number of hydrogen-bond acceptors (Lipinski definition) is 6. The summed E-state index contributed by atoms with van der Waals surface area (Å²) in [4.78, 5) is 10.0. The first-order chi connectivity index (χ1) is 9.35. The lowest BCUT2D eigenvalue weighted by atomic mass is 10.3. The van der Waals surface area contributed by atoms with E-state index in [1.54, 1.807) is 18.4 Å². The van der Waals surface area contributed by atoms with Gasteiger partial charge in [-0.05, 0) is 24.8 Å². The molecule has 104 valence electrons. The zero-order valence-corrected chi connectivity index (χ0v) is 12.1. The summed E-state index contributed by atoms with van der Waals surface area (Å²) < 4.78 is 10.5. The van der Waals surface area contributed by atoms with Gasteiger partial charge >= 0.3 is 0 Å². The van der Waals surface area contributed by atoms with E-state index in [1.807, 2.05) is 11.4 Å². The van der Waals surface area contributed by atoms with Crippen LogP contribution < -0.4 is 5.32 Å². The van der Waals surface area contributed by atoms with Gasteiger partial charge in [0.05, 0.1) is 5.39 Å². The zero-order chi connectivity index (χ0) is 13.5. The number of thiophene rings is 1. The Morgan fingerprint density at radius 1 is 1.32 bits per heavy atom. The molecular weight excluding hydrogens is 262 g/mol. The van der Waals surface area contributed by atoms with Crippen molar-refractivity contribution in [3.05, 3.63) is 17.3 Å². The number of anilines is 1. The Bertz CT molecular complexity index is 516. The fourth-order valence-corrected chi connectivity index (χ4v) is 2.52. The van der Waals surface area contributed by atoms with E-state index < -0.39 is 0 Å². The molecule has 0 spiro atoms. The minimum atomic E-state index is 0.440. The summed E-state index contributed by atoms with van der Waals surface area (Å²) >= 11 is 1.62. The Hall–Kier alpha value is -1.24. The number of fused-ring (bicyclic) bond motifs is 1. The van der Waals surface area contributed by atoms with Gasteiger partial charge in [-0.1, -0.05) is 0 Å². The normalized spacial score (nSPS) is 11.1. The van der Waals surface area contributed by atoms with Crippen LogP contribution in [0.25, 0.3) is 10.2 Å². The highest BCUT2D eigenvalue weighted by Crippen LogP contribution is 2.25. The smallest absolute Gasteiger partial charge is 0.158 e. The summed E-state index contributed by atoms with van der Waals surface area (Å²) in [5.74, 6) is 1.62. The SMILES string of the molecule is CCNc1nc(COCCCOC)nc2sccc12. The van der Waals surface area contributed by atoms with Crippen molar-refractivity contribution in [2.24, 2.45) is 0 Å². The minimum Gasteiger partial charge on any atom is -0.385 e. The van der Waals surface area contributed by atoms with Crippen molar-refractivity contribution in [1.29, 1.82) is 0 Å². The molecule has 2 heterocycles. The molecule has 0 saturated carbocycles. The second-order valence-corrected chi connectivity index (χ2v) is 4.95. The van der Waals surface area contributed by atoms with Gasteiger partial charge in [0.1, 0.15) is 17.3 Å². The van der Waals surface area contributed by atoms with E-state index in [9.17, 15) is 0 Å². The highest BCUT2D eigenvalue weighted by atomic mass is 32.1. The Morgan fingerprint density at radius 3 is 3.00 bits per heavy atom. The quantitative estimate of drug-likeness (QED) is 0.754. The van der Waals surface area contributed by atoms with Gasteiger partial charge in [-0.25, -0.2) is 9.97 Å². The van der Waals surface area contributed by atoms with Crippen LogP contribution in [0.2, 0.25) is 0 Å². The monoisotopic (exact) mass is 281 g/mol. The van der Waals surface area contributed by atoms with Crippen LogP contribution in [0.15, 0.2) is 11.4 Å². The number of nitrogens with one attached hydrogen (secondary N) is 1. The topological polar surface area (TPSA) is 56.3 Å². The van der Waals surface area contributed by atoms with E-state index in [0.717, 1.165) is 34.8 Å². The van der Waals surface area contributed by atoms with Crippen LogP contribution in [0, 0.1) is 0 Å². The second-order valence-electron chi connectivity index (χ2n) is 4.06. The predicted molar refractivity (Wildman–Crippen MR) is 77.7 cm³/mol. The van der Waals surface area contributed by atoms with Crippen molar-refractivity contribution in [1.82, 2.24) is 9.97 Å². The Labute approximate surface area is 117 Å². The van der Waals surface area contributed by atoms with Crippen LogP contribution in [0.4, 0.5) is 5.82 Å². The number of nitrogens with zero attached hydrogens (tertiary/aromatic N) is 2. The standard InChI is InChI=1S/C13H19N3O2S/c1-3-14-12-10-5-8-19-13(10)16-11(15-12)9-18-7-4-6-17-2/h5,8H,3-4,6-7,9H2,1-2H3,(H,14,15,16). The number of methoxy groups -OCH3 is 1. The van der Waals surface area contributed by atoms with E-state index in [0.29, 0.717) is 19.8 Å². The first-order valence-corrected chi connectivity index (χ1v) is 7.27. The number of aromatic nitrogens is 2. The molecule has 19 heavy (non-hydrogen) atoms. The largest absolute Gasteiger partial charge is 0.385 e. The van der Waals surface area contributed by atoms with Gasteiger partial charge < -0.3 is 14.8 Å². The predicted octanol–water partition coefficient (Wildman–Crippen LogP) is 2.68. The summed E-state index contributed by atoms with van der Waals surface area (Å²) in [6, 6.07) is 2.04. The maximum Gasteiger partial charge on any atom is 0.158 e. The van der Waals surface area contributed by atoms with Crippen LogP contribution in [0.3, 0.4) is 0 Å². The minimum absolute atomic E-state index is 0.440. The van der Waals surface area contributed by atoms with E-state index in [4.69, 9.17) is 9.47 Å². The summed E-state index contributed by atoms with van der Waals surface area (Å²) in [6.07, 6.45) is 0.887. The fourth-order valence-electron chi connectivity index (χ4n) is 1.74. The molecule has 0 saturated heterocycles. The van der Waals surface area contributed by atoms with Gasteiger partial charge in [-0.2, -0.15) is 0 Å². The van der Waals surface area contributed by atoms with Crippen LogP contribution in [-0.2, 0) is 16.1 Å². The lowest BCUT2D eigenvalue weighted by molar-refractivity contribution is 0.0893. The highest BCUT2D eigenvalue weighted by molar-refractivity contribution is 7.16. The van der Waals surface area contributed by atoms with Crippen LogP contribution in [-0.4, -0.2) is 36.8 Å². The molecule has 6 heteroatoms. The molecule has 1 N–H and O–H groups in total. The van der Waals surface area contributed by atoms with Crippen molar-refractivity contribution < 1.29 is 9.47 Å². The molecule has 2 aromatic rings. The highest BCUT2D eigenvalue weighted by Gasteiger charge is 2.08. The van der Waals surface area contributed by atoms with Crippen molar-refractivity contribution in [2.45, 2.75) is 20.0 Å². The van der Waals surface area contributed by atoms with Gasteiger partial charge in [0, 0.05) is 26.9 Å². The fraction of sp³-hybridized carbons (Fsp3) is 0.538. The second kappa shape index (κ2) is 7.37. The molecule has 0 amide bonds. The van der Waals surface area contributed by atoms with Gasteiger partial charge in [0.15, 0.2) is 5.82 Å². The van der Waals surface area contributed by atoms with Crippen LogP contribution in [0.1, 0.15) is 19.2 Å². The number of ether oxygens (including phenoxy) is 2. The molecule has 0 fully saturated rings. The third-order valence-electron chi connectivity index (χ3n) is 2.58. The molecule has 0 radical (unpaired) electrons. The van der Waals surface area contributed by atoms with Crippen LogP contribution in [0.5, 0.6) is 0 Å². The van der Waals surface area contributed by atoms with E-state index in [1.165, 1.54) is 0 Å². The average molecular weight is 281 g/mol. The number of rotatable bonds is 8. The molecule has 0 aliphatic heterocycles. The first kappa shape index (κ1) is 14.2. The first-order valence-electron chi connectivity index (χ1n) is 6.39.